The smallest absolute Gasteiger partial charge is 0.326 e. The molecule has 142 valence electrons. The summed E-state index contributed by atoms with van der Waals surface area (Å²) in [7, 11) is 0. The molecule has 0 atom stereocenters. The molecule has 8 nitrogen and oxygen atoms in total. The van der Waals surface area contributed by atoms with Gasteiger partial charge in [-0.2, -0.15) is 5.10 Å². The number of pyridine rings is 1. The van der Waals surface area contributed by atoms with E-state index in [1.54, 1.807) is 12.4 Å². The van der Waals surface area contributed by atoms with Gasteiger partial charge in [-0.3, -0.25) is 15.7 Å². The highest BCUT2D eigenvalue weighted by atomic mass is 32.1. The fourth-order valence-corrected chi connectivity index (χ4v) is 3.23. The normalized spacial score (nSPS) is 11.4. The molecule has 0 saturated carbocycles. The molecule has 0 fully saturated rings. The van der Waals surface area contributed by atoms with Crippen LogP contribution < -0.4 is 16.4 Å². The van der Waals surface area contributed by atoms with Crippen LogP contribution in [0.4, 0.5) is 21.6 Å². The highest BCUT2D eigenvalue weighted by molar-refractivity contribution is 7.15. The van der Waals surface area contributed by atoms with Crippen LogP contribution in [0.1, 0.15) is 36.9 Å². The number of nitrogens with zero attached hydrogens (tertiary/aromatic N) is 3. The van der Waals surface area contributed by atoms with E-state index in [1.165, 1.54) is 11.3 Å². The Morgan fingerprint density at radius 1 is 1.22 bits per heavy atom. The van der Waals surface area contributed by atoms with Crippen LogP contribution in [-0.2, 0) is 18.3 Å². The number of carbonyl (C=O) groups is 1. The molecule has 0 bridgehead atoms. The standard InChI is InChI=1S/C18H23N7OS/c1-18(2,3)13-9-15(25-24-13)22-16(26)23-17-21-10-12(27-17)5-4-11-6-7-20-14(19)8-11/h6-10H,4-5H2,1-3H3,(H2,19,20)(H3,21,22,23,24,25,26). The summed E-state index contributed by atoms with van der Waals surface area (Å²) in [6.45, 7) is 6.18. The van der Waals surface area contributed by atoms with Gasteiger partial charge in [0.15, 0.2) is 5.13 Å². The molecule has 9 heteroatoms. The van der Waals surface area contributed by atoms with Gasteiger partial charge in [0, 0.05) is 28.8 Å². The largest absolute Gasteiger partial charge is 0.384 e. The van der Waals surface area contributed by atoms with Gasteiger partial charge in [0.2, 0.25) is 0 Å². The topological polar surface area (TPSA) is 122 Å². The van der Waals surface area contributed by atoms with Gasteiger partial charge in [-0.25, -0.2) is 14.8 Å². The highest BCUT2D eigenvalue weighted by Crippen LogP contribution is 2.23. The van der Waals surface area contributed by atoms with Crippen molar-refractivity contribution in [3.63, 3.8) is 0 Å². The van der Waals surface area contributed by atoms with Crippen molar-refractivity contribution in [1.82, 2.24) is 20.2 Å². The van der Waals surface area contributed by atoms with Gasteiger partial charge >= 0.3 is 6.03 Å². The number of thiazole rings is 1. The minimum Gasteiger partial charge on any atom is -0.384 e. The molecule has 0 radical (unpaired) electrons. The second kappa shape index (κ2) is 7.75. The number of anilines is 3. The number of hydrogen-bond acceptors (Lipinski definition) is 6. The first-order valence-electron chi connectivity index (χ1n) is 8.58. The number of aryl methyl sites for hydroxylation is 2. The number of hydrogen-bond donors (Lipinski definition) is 4. The van der Waals surface area contributed by atoms with Gasteiger partial charge in [0.25, 0.3) is 0 Å². The van der Waals surface area contributed by atoms with E-state index in [2.05, 4.69) is 51.6 Å². The van der Waals surface area contributed by atoms with Crippen LogP contribution >= 0.6 is 11.3 Å². The molecular formula is C18H23N7OS. The zero-order valence-corrected chi connectivity index (χ0v) is 16.4. The Labute approximate surface area is 161 Å². The molecule has 27 heavy (non-hydrogen) atoms. The number of amides is 2. The SMILES string of the molecule is CC(C)(C)c1cc(NC(=O)Nc2ncc(CCc3ccnc(N)c3)s2)[nH]n1. The molecule has 0 aliphatic carbocycles. The lowest BCUT2D eigenvalue weighted by atomic mass is 9.92. The Balaban J connectivity index is 1.52. The Morgan fingerprint density at radius 3 is 2.74 bits per heavy atom. The maximum atomic E-state index is 12.1. The monoisotopic (exact) mass is 385 g/mol. The van der Waals surface area contributed by atoms with Crippen molar-refractivity contribution in [2.75, 3.05) is 16.4 Å². The third kappa shape index (κ3) is 5.27. The van der Waals surface area contributed by atoms with Crippen LogP contribution in [0.2, 0.25) is 0 Å². The molecule has 5 N–H and O–H groups in total. The molecule has 0 aliphatic heterocycles. The summed E-state index contributed by atoms with van der Waals surface area (Å²) in [5.74, 6) is 1.06. The maximum Gasteiger partial charge on any atom is 0.326 e. The van der Waals surface area contributed by atoms with Gasteiger partial charge in [-0.05, 0) is 30.5 Å². The van der Waals surface area contributed by atoms with Crippen LogP contribution in [0.3, 0.4) is 0 Å². The lowest BCUT2D eigenvalue weighted by Gasteiger charge is -2.13. The molecule has 0 unspecified atom stereocenters. The van der Waals surface area contributed by atoms with E-state index < -0.39 is 0 Å². The molecular weight excluding hydrogens is 362 g/mol. The number of nitrogens with one attached hydrogen (secondary N) is 3. The van der Waals surface area contributed by atoms with Crippen LogP contribution in [0, 0.1) is 0 Å². The molecule has 3 rings (SSSR count). The first-order valence-corrected chi connectivity index (χ1v) is 9.40. The zero-order valence-electron chi connectivity index (χ0n) is 15.5. The van der Waals surface area contributed by atoms with Gasteiger partial charge in [-0.1, -0.05) is 20.8 Å². The van der Waals surface area contributed by atoms with Crippen molar-refractivity contribution >= 4 is 34.1 Å². The number of nitrogens with two attached hydrogens (primary N) is 1. The average molecular weight is 385 g/mol. The fraction of sp³-hybridized carbons (Fsp3) is 0.333. The van der Waals surface area contributed by atoms with E-state index in [4.69, 9.17) is 5.73 Å². The number of H-pyrrole nitrogens is 1. The number of rotatable bonds is 5. The van der Waals surface area contributed by atoms with Gasteiger partial charge in [0.1, 0.15) is 11.6 Å². The van der Waals surface area contributed by atoms with Crippen LogP contribution in [-0.4, -0.2) is 26.2 Å². The van der Waals surface area contributed by atoms with Crippen molar-refractivity contribution in [3.05, 3.63) is 46.7 Å². The Bertz CT molecular complexity index is 926. The lowest BCUT2D eigenvalue weighted by molar-refractivity contribution is 0.262. The quantitative estimate of drug-likeness (QED) is 0.535. The van der Waals surface area contributed by atoms with Crippen LogP contribution in [0.5, 0.6) is 0 Å². The first kappa shape index (κ1) is 18.8. The second-order valence-corrected chi connectivity index (χ2v) is 8.33. The third-order valence-electron chi connectivity index (χ3n) is 3.87. The third-order valence-corrected chi connectivity index (χ3v) is 4.85. The Morgan fingerprint density at radius 2 is 2.04 bits per heavy atom. The van der Waals surface area contributed by atoms with Crippen molar-refractivity contribution in [1.29, 1.82) is 0 Å². The molecule has 3 heterocycles. The van der Waals surface area contributed by atoms with Crippen molar-refractivity contribution in [3.8, 4) is 0 Å². The maximum absolute atomic E-state index is 12.1. The zero-order chi connectivity index (χ0) is 19.4. The van der Waals surface area contributed by atoms with Crippen molar-refractivity contribution < 1.29 is 4.79 Å². The van der Waals surface area contributed by atoms with E-state index in [0.717, 1.165) is 29.0 Å². The van der Waals surface area contributed by atoms with E-state index in [1.807, 2.05) is 18.2 Å². The number of aromatic amines is 1. The molecule has 2 amide bonds. The molecule has 0 aromatic carbocycles. The summed E-state index contributed by atoms with van der Waals surface area (Å²) in [4.78, 5) is 21.5. The summed E-state index contributed by atoms with van der Waals surface area (Å²) >= 11 is 1.45. The number of nitrogen functional groups attached to an aromatic ring is 1. The predicted molar refractivity (Wildman–Crippen MR) is 108 cm³/mol. The van der Waals surface area contributed by atoms with E-state index in [9.17, 15) is 4.79 Å². The minimum absolute atomic E-state index is 0.0867. The fourth-order valence-electron chi connectivity index (χ4n) is 2.42. The van der Waals surface area contributed by atoms with E-state index in [0.29, 0.717) is 16.8 Å². The van der Waals surface area contributed by atoms with Crippen molar-refractivity contribution in [2.45, 2.75) is 39.0 Å². The van der Waals surface area contributed by atoms with Crippen molar-refractivity contribution in [2.24, 2.45) is 0 Å². The average Bonchev–Trinajstić information content (AvgIpc) is 3.22. The highest BCUT2D eigenvalue weighted by Gasteiger charge is 2.18. The number of carbonyl (C=O) groups excluding carboxylic acids is 1. The Hall–Kier alpha value is -2.94. The Kier molecular flexibility index (Phi) is 5.41. The van der Waals surface area contributed by atoms with E-state index >= 15 is 0 Å². The molecule has 3 aromatic rings. The van der Waals surface area contributed by atoms with Gasteiger partial charge in [0.05, 0.1) is 5.69 Å². The lowest BCUT2D eigenvalue weighted by Crippen LogP contribution is -2.19. The molecule has 0 spiro atoms. The number of aromatic nitrogens is 4. The summed E-state index contributed by atoms with van der Waals surface area (Å²) in [5.41, 5.74) is 7.61. The molecule has 0 saturated heterocycles. The number of urea groups is 1. The molecule has 0 aliphatic rings. The molecule has 3 aromatic heterocycles. The van der Waals surface area contributed by atoms with Gasteiger partial charge in [-0.15, -0.1) is 11.3 Å². The van der Waals surface area contributed by atoms with Gasteiger partial charge < -0.3 is 5.73 Å². The first-order chi connectivity index (χ1) is 12.8. The van der Waals surface area contributed by atoms with Crippen LogP contribution in [0.15, 0.2) is 30.6 Å². The minimum atomic E-state index is -0.359. The summed E-state index contributed by atoms with van der Waals surface area (Å²) in [5, 5.41) is 13.1. The predicted octanol–water partition coefficient (Wildman–Crippen LogP) is 3.57. The summed E-state index contributed by atoms with van der Waals surface area (Å²) in [6, 6.07) is 5.28. The van der Waals surface area contributed by atoms with E-state index in [-0.39, 0.29) is 11.4 Å². The van der Waals surface area contributed by atoms with Crippen LogP contribution in [0.25, 0.3) is 0 Å². The summed E-state index contributed by atoms with van der Waals surface area (Å²) in [6.07, 6.45) is 5.14. The summed E-state index contributed by atoms with van der Waals surface area (Å²) < 4.78 is 0. The second-order valence-electron chi connectivity index (χ2n) is 7.22.